The summed E-state index contributed by atoms with van der Waals surface area (Å²) in [6.45, 7) is 5.41. The first-order chi connectivity index (χ1) is 17.6. The third-order valence-electron chi connectivity index (χ3n) is 5.97. The van der Waals surface area contributed by atoms with E-state index in [0.29, 0.717) is 18.4 Å². The van der Waals surface area contributed by atoms with Gasteiger partial charge in [0.1, 0.15) is 17.7 Å². The molecule has 0 unspecified atom stereocenters. The first-order valence-corrected chi connectivity index (χ1v) is 12.3. The molecular formula is C28H34N4O5. The summed E-state index contributed by atoms with van der Waals surface area (Å²) < 4.78 is 5.36. The molecule has 3 amide bonds. The monoisotopic (exact) mass is 506 g/mol. The molecule has 1 saturated heterocycles. The number of ether oxygens (including phenoxy) is 1. The van der Waals surface area contributed by atoms with E-state index in [9.17, 15) is 19.5 Å². The van der Waals surface area contributed by atoms with Gasteiger partial charge in [-0.3, -0.25) is 9.59 Å². The molecule has 9 heteroatoms. The Morgan fingerprint density at radius 1 is 1.11 bits per heavy atom. The smallest absolute Gasteiger partial charge is 0.408 e. The molecule has 2 aromatic rings. The molecule has 9 nitrogen and oxygen atoms in total. The fourth-order valence-electron chi connectivity index (χ4n) is 4.17. The van der Waals surface area contributed by atoms with Gasteiger partial charge in [-0.2, -0.15) is 5.26 Å². The van der Waals surface area contributed by atoms with E-state index in [1.807, 2.05) is 36.4 Å². The molecule has 1 heterocycles. The summed E-state index contributed by atoms with van der Waals surface area (Å²) in [4.78, 5) is 40.5. The molecule has 1 aliphatic heterocycles. The van der Waals surface area contributed by atoms with Gasteiger partial charge < -0.3 is 25.4 Å². The highest BCUT2D eigenvalue weighted by Crippen LogP contribution is 2.21. The predicted octanol–water partition coefficient (Wildman–Crippen LogP) is 2.66. The number of aliphatic hydroxyl groups is 1. The zero-order valence-electron chi connectivity index (χ0n) is 21.4. The SMILES string of the molecule is CC(C)(C)OC(=O)N[C@H](CCc1ccccc1)C(=O)N1C[C@@H](O)C[C@H]1C(=O)NCc1ccc(C#N)cc1. The summed E-state index contributed by atoms with van der Waals surface area (Å²) in [5, 5.41) is 24.7. The number of aryl methyl sites for hydroxylation is 1. The third kappa shape index (κ3) is 8.33. The van der Waals surface area contributed by atoms with Crippen LogP contribution in [0.4, 0.5) is 4.79 Å². The summed E-state index contributed by atoms with van der Waals surface area (Å²) in [6.07, 6.45) is -0.651. The van der Waals surface area contributed by atoms with Crippen molar-refractivity contribution in [1.29, 1.82) is 5.26 Å². The van der Waals surface area contributed by atoms with E-state index in [4.69, 9.17) is 10.00 Å². The van der Waals surface area contributed by atoms with Crippen molar-refractivity contribution in [2.24, 2.45) is 0 Å². The Labute approximate surface area is 217 Å². The molecule has 0 aromatic heterocycles. The topological polar surface area (TPSA) is 132 Å². The van der Waals surface area contributed by atoms with Gasteiger partial charge in [0.05, 0.1) is 17.7 Å². The molecule has 196 valence electrons. The lowest BCUT2D eigenvalue weighted by atomic mass is 10.0. The summed E-state index contributed by atoms with van der Waals surface area (Å²) >= 11 is 0. The Balaban J connectivity index is 1.71. The normalized spacial score (nSPS) is 18.0. The van der Waals surface area contributed by atoms with Crippen LogP contribution in [0, 0.1) is 11.3 Å². The molecule has 3 N–H and O–H groups in total. The van der Waals surface area contributed by atoms with Gasteiger partial charge in [-0.25, -0.2) is 4.79 Å². The second-order valence-corrected chi connectivity index (χ2v) is 10.1. The van der Waals surface area contributed by atoms with Crippen LogP contribution in [0.2, 0.25) is 0 Å². The van der Waals surface area contributed by atoms with Crippen molar-refractivity contribution in [3.8, 4) is 6.07 Å². The molecule has 0 aliphatic carbocycles. The van der Waals surface area contributed by atoms with Crippen molar-refractivity contribution >= 4 is 17.9 Å². The third-order valence-corrected chi connectivity index (χ3v) is 5.97. The van der Waals surface area contributed by atoms with E-state index in [1.54, 1.807) is 45.0 Å². The average molecular weight is 507 g/mol. The highest BCUT2D eigenvalue weighted by molar-refractivity contribution is 5.92. The Kier molecular flexibility index (Phi) is 9.25. The number of hydrogen-bond acceptors (Lipinski definition) is 6. The van der Waals surface area contributed by atoms with Crippen LogP contribution in [0.15, 0.2) is 54.6 Å². The van der Waals surface area contributed by atoms with Gasteiger partial charge in [-0.1, -0.05) is 42.5 Å². The number of benzene rings is 2. The summed E-state index contributed by atoms with van der Waals surface area (Å²) in [6, 6.07) is 16.6. The molecule has 37 heavy (non-hydrogen) atoms. The van der Waals surface area contributed by atoms with Gasteiger partial charge in [0.2, 0.25) is 11.8 Å². The first kappa shape index (κ1) is 27.7. The van der Waals surface area contributed by atoms with Crippen molar-refractivity contribution in [3.05, 3.63) is 71.3 Å². The molecule has 1 aliphatic rings. The number of β-amino-alcohol motifs (C(OH)–C–C–N with tert-alkyl or cyclic N) is 1. The van der Waals surface area contributed by atoms with Crippen molar-refractivity contribution in [1.82, 2.24) is 15.5 Å². The van der Waals surface area contributed by atoms with Crippen LogP contribution < -0.4 is 10.6 Å². The number of nitrogens with one attached hydrogen (secondary N) is 2. The fraction of sp³-hybridized carbons (Fsp3) is 0.429. The number of carbonyl (C=O) groups excluding carboxylic acids is 3. The van der Waals surface area contributed by atoms with E-state index in [0.717, 1.165) is 11.1 Å². The van der Waals surface area contributed by atoms with E-state index in [-0.39, 0.29) is 19.5 Å². The van der Waals surface area contributed by atoms with Gasteiger partial charge in [0.25, 0.3) is 0 Å². The molecule has 1 fully saturated rings. The van der Waals surface area contributed by atoms with Crippen LogP contribution in [-0.2, 0) is 27.3 Å². The maximum absolute atomic E-state index is 13.6. The number of aliphatic hydroxyl groups excluding tert-OH is 1. The number of likely N-dealkylation sites (tertiary alicyclic amines) is 1. The Bertz CT molecular complexity index is 1120. The number of carbonyl (C=O) groups is 3. The highest BCUT2D eigenvalue weighted by atomic mass is 16.6. The van der Waals surface area contributed by atoms with Gasteiger partial charge in [-0.15, -0.1) is 0 Å². The number of hydrogen-bond donors (Lipinski definition) is 3. The van der Waals surface area contributed by atoms with Crippen LogP contribution in [0.25, 0.3) is 0 Å². The number of nitriles is 1. The molecule has 0 bridgehead atoms. The first-order valence-electron chi connectivity index (χ1n) is 12.3. The minimum Gasteiger partial charge on any atom is -0.444 e. The lowest BCUT2D eigenvalue weighted by molar-refractivity contribution is -0.140. The quantitative estimate of drug-likeness (QED) is 0.504. The Morgan fingerprint density at radius 3 is 2.41 bits per heavy atom. The molecular weight excluding hydrogens is 472 g/mol. The second kappa shape index (κ2) is 12.4. The number of nitrogens with zero attached hydrogens (tertiary/aromatic N) is 2. The van der Waals surface area contributed by atoms with E-state index in [1.165, 1.54) is 4.90 Å². The van der Waals surface area contributed by atoms with Crippen molar-refractivity contribution in [2.45, 2.75) is 70.4 Å². The number of alkyl carbamates (subject to hydrolysis) is 1. The predicted molar refractivity (Wildman–Crippen MR) is 137 cm³/mol. The largest absolute Gasteiger partial charge is 0.444 e. The standard InChI is InChI=1S/C28H34N4O5/c1-28(2,3)37-27(36)31-23(14-13-19-7-5-4-6-8-19)26(35)32-18-22(33)15-24(32)25(34)30-17-21-11-9-20(16-29)10-12-21/h4-12,22-24,33H,13-15,17-18H2,1-3H3,(H,30,34)(H,31,36)/t22-,23+,24-/m0/s1. The molecule has 0 radical (unpaired) electrons. The van der Waals surface area contributed by atoms with E-state index < -0.39 is 41.7 Å². The van der Waals surface area contributed by atoms with E-state index in [2.05, 4.69) is 10.6 Å². The average Bonchev–Trinajstić information content (AvgIpc) is 3.26. The number of rotatable bonds is 8. The van der Waals surface area contributed by atoms with Crippen LogP contribution in [0.1, 0.15) is 50.3 Å². The van der Waals surface area contributed by atoms with Crippen molar-refractivity contribution in [2.75, 3.05) is 6.54 Å². The minimum absolute atomic E-state index is 0.00831. The summed E-state index contributed by atoms with van der Waals surface area (Å²) in [7, 11) is 0. The van der Waals surface area contributed by atoms with Crippen LogP contribution in [0.5, 0.6) is 0 Å². The molecule has 0 saturated carbocycles. The second-order valence-electron chi connectivity index (χ2n) is 10.1. The lowest BCUT2D eigenvalue weighted by Crippen LogP contribution is -2.54. The van der Waals surface area contributed by atoms with Gasteiger partial charge in [0, 0.05) is 19.5 Å². The van der Waals surface area contributed by atoms with Crippen LogP contribution in [0.3, 0.4) is 0 Å². The fourth-order valence-corrected chi connectivity index (χ4v) is 4.17. The maximum Gasteiger partial charge on any atom is 0.408 e. The zero-order valence-corrected chi connectivity index (χ0v) is 21.4. The van der Waals surface area contributed by atoms with Crippen LogP contribution in [-0.4, -0.2) is 58.2 Å². The van der Waals surface area contributed by atoms with Gasteiger partial charge in [0.15, 0.2) is 0 Å². The van der Waals surface area contributed by atoms with Crippen LogP contribution >= 0.6 is 0 Å². The Morgan fingerprint density at radius 2 is 1.78 bits per heavy atom. The highest BCUT2D eigenvalue weighted by Gasteiger charge is 2.41. The summed E-state index contributed by atoms with van der Waals surface area (Å²) in [5.41, 5.74) is 1.58. The molecule has 2 aromatic carbocycles. The van der Waals surface area contributed by atoms with Gasteiger partial charge in [-0.05, 0) is 56.9 Å². The Hall–Kier alpha value is -3.90. The van der Waals surface area contributed by atoms with E-state index >= 15 is 0 Å². The lowest BCUT2D eigenvalue weighted by Gasteiger charge is -2.29. The molecule has 3 rings (SSSR count). The van der Waals surface area contributed by atoms with Crippen molar-refractivity contribution < 1.29 is 24.2 Å². The number of amides is 3. The zero-order chi connectivity index (χ0) is 27.0. The van der Waals surface area contributed by atoms with Gasteiger partial charge >= 0.3 is 6.09 Å². The summed E-state index contributed by atoms with van der Waals surface area (Å²) in [5.74, 6) is -0.842. The molecule has 3 atom stereocenters. The maximum atomic E-state index is 13.6. The van der Waals surface area contributed by atoms with Crippen molar-refractivity contribution in [3.63, 3.8) is 0 Å². The molecule has 0 spiro atoms. The minimum atomic E-state index is -0.936.